The van der Waals surface area contributed by atoms with E-state index in [2.05, 4.69) is 26.1 Å². The lowest BCUT2D eigenvalue weighted by Gasteiger charge is -2.19. The minimum Gasteiger partial charge on any atom is -0.484 e. The summed E-state index contributed by atoms with van der Waals surface area (Å²) in [5.41, 5.74) is 1.39. The van der Waals surface area contributed by atoms with Gasteiger partial charge in [0.15, 0.2) is 6.61 Å². The van der Waals surface area contributed by atoms with Crippen LogP contribution >= 0.6 is 0 Å². The van der Waals surface area contributed by atoms with E-state index < -0.39 is 0 Å². The van der Waals surface area contributed by atoms with Gasteiger partial charge in [-0.05, 0) is 36.5 Å². The maximum atomic E-state index is 11.6. The van der Waals surface area contributed by atoms with Crippen molar-refractivity contribution >= 4 is 5.91 Å². The predicted molar refractivity (Wildman–Crippen MR) is 78.5 cm³/mol. The Balaban J connectivity index is 2.48. The average Bonchev–Trinajstić information content (AvgIpc) is 2.35. The number of rotatable bonds is 5. The number of hydrogen-bond acceptors (Lipinski definition) is 2. The molecule has 3 heteroatoms. The number of nitrogens with one attached hydrogen (secondary N) is 1. The van der Waals surface area contributed by atoms with Crippen LogP contribution in [-0.4, -0.2) is 18.6 Å². The summed E-state index contributed by atoms with van der Waals surface area (Å²) in [6.45, 7) is 10.6. The van der Waals surface area contributed by atoms with Crippen LogP contribution in [0.3, 0.4) is 0 Å². The lowest BCUT2D eigenvalue weighted by molar-refractivity contribution is -0.123. The van der Waals surface area contributed by atoms with E-state index in [4.69, 9.17) is 4.74 Å². The molecule has 1 rings (SSSR count). The summed E-state index contributed by atoms with van der Waals surface area (Å²) in [4.78, 5) is 11.6. The van der Waals surface area contributed by atoms with Gasteiger partial charge < -0.3 is 10.1 Å². The van der Waals surface area contributed by atoms with Gasteiger partial charge in [0.25, 0.3) is 5.91 Å². The Morgan fingerprint density at radius 2 is 1.84 bits per heavy atom. The van der Waals surface area contributed by atoms with Gasteiger partial charge in [0.1, 0.15) is 5.75 Å². The summed E-state index contributed by atoms with van der Waals surface area (Å²) in [7, 11) is 0. The van der Waals surface area contributed by atoms with Gasteiger partial charge in [0, 0.05) is 6.04 Å². The second-order valence-corrected chi connectivity index (χ2v) is 5.94. The molecule has 0 aromatic heterocycles. The smallest absolute Gasteiger partial charge is 0.258 e. The Labute approximate surface area is 116 Å². The molecule has 0 fully saturated rings. The molecule has 1 aromatic rings. The lowest BCUT2D eigenvalue weighted by Crippen LogP contribution is -2.35. The molecule has 0 heterocycles. The third-order valence-corrected chi connectivity index (χ3v) is 3.11. The maximum Gasteiger partial charge on any atom is 0.258 e. The van der Waals surface area contributed by atoms with Gasteiger partial charge >= 0.3 is 0 Å². The second-order valence-electron chi connectivity index (χ2n) is 5.94. The van der Waals surface area contributed by atoms with Crippen LogP contribution in [0.5, 0.6) is 5.75 Å². The second kappa shape index (κ2) is 6.60. The van der Waals surface area contributed by atoms with Crippen molar-refractivity contribution in [2.45, 2.75) is 52.5 Å². The molecular weight excluding hydrogens is 238 g/mol. The van der Waals surface area contributed by atoms with Crippen molar-refractivity contribution in [3.05, 3.63) is 29.8 Å². The molecule has 1 amide bonds. The zero-order chi connectivity index (χ0) is 14.5. The summed E-state index contributed by atoms with van der Waals surface area (Å²) < 4.78 is 5.47. The third-order valence-electron chi connectivity index (χ3n) is 3.11. The van der Waals surface area contributed by atoms with E-state index >= 15 is 0 Å². The van der Waals surface area contributed by atoms with Crippen molar-refractivity contribution in [3.63, 3.8) is 0 Å². The quantitative estimate of drug-likeness (QED) is 0.885. The van der Waals surface area contributed by atoms with E-state index in [1.54, 1.807) is 0 Å². The van der Waals surface area contributed by atoms with E-state index in [0.29, 0.717) is 0 Å². The molecule has 0 radical (unpaired) electrons. The largest absolute Gasteiger partial charge is 0.484 e. The van der Waals surface area contributed by atoms with E-state index in [9.17, 15) is 4.79 Å². The van der Waals surface area contributed by atoms with Gasteiger partial charge in [-0.25, -0.2) is 0 Å². The van der Waals surface area contributed by atoms with Crippen molar-refractivity contribution in [2.75, 3.05) is 6.61 Å². The molecular formula is C16H25NO2. The van der Waals surface area contributed by atoms with Crippen LogP contribution in [0.4, 0.5) is 0 Å². The minimum atomic E-state index is -0.0748. The number of ether oxygens (including phenoxy) is 1. The molecule has 0 bridgehead atoms. The SMILES string of the molecule is CC[C@H](C)NC(=O)COc1ccc(C(C)(C)C)cc1. The standard InChI is InChI=1S/C16H25NO2/c1-6-12(2)17-15(18)11-19-14-9-7-13(8-10-14)16(3,4)5/h7-10,12H,6,11H2,1-5H3,(H,17,18)/t12-/m0/s1. The van der Waals surface area contributed by atoms with Crippen LogP contribution in [-0.2, 0) is 10.2 Å². The number of carbonyl (C=O) groups is 1. The molecule has 106 valence electrons. The lowest BCUT2D eigenvalue weighted by atomic mass is 9.87. The van der Waals surface area contributed by atoms with Crippen LogP contribution in [0.1, 0.15) is 46.6 Å². The Morgan fingerprint density at radius 3 is 2.32 bits per heavy atom. The van der Waals surface area contributed by atoms with Crippen molar-refractivity contribution < 1.29 is 9.53 Å². The third kappa shape index (κ3) is 5.33. The van der Waals surface area contributed by atoms with E-state index in [0.717, 1.165) is 12.2 Å². The average molecular weight is 263 g/mol. The summed E-state index contributed by atoms with van der Waals surface area (Å²) in [5.74, 6) is 0.654. The molecule has 0 saturated heterocycles. The Hall–Kier alpha value is -1.51. The number of carbonyl (C=O) groups excluding carboxylic acids is 1. The summed E-state index contributed by atoms with van der Waals surface area (Å²) in [6, 6.07) is 8.11. The van der Waals surface area contributed by atoms with E-state index in [1.807, 2.05) is 38.1 Å². The fourth-order valence-corrected chi connectivity index (χ4v) is 1.62. The highest BCUT2D eigenvalue weighted by Crippen LogP contribution is 2.24. The van der Waals surface area contributed by atoms with E-state index in [1.165, 1.54) is 5.56 Å². The van der Waals surface area contributed by atoms with Crippen LogP contribution in [0.2, 0.25) is 0 Å². The zero-order valence-corrected chi connectivity index (χ0v) is 12.6. The molecule has 1 atom stereocenters. The van der Waals surface area contributed by atoms with Crippen molar-refractivity contribution in [3.8, 4) is 5.75 Å². The normalized spacial score (nSPS) is 12.9. The summed E-state index contributed by atoms with van der Waals surface area (Å²) in [5, 5.41) is 2.87. The summed E-state index contributed by atoms with van der Waals surface area (Å²) in [6.07, 6.45) is 0.923. The van der Waals surface area contributed by atoms with Gasteiger partial charge in [-0.15, -0.1) is 0 Å². The zero-order valence-electron chi connectivity index (χ0n) is 12.6. The first kappa shape index (κ1) is 15.5. The molecule has 1 N–H and O–H groups in total. The first-order valence-electron chi connectivity index (χ1n) is 6.85. The van der Waals surface area contributed by atoms with Crippen molar-refractivity contribution in [1.82, 2.24) is 5.32 Å². The van der Waals surface area contributed by atoms with Crippen LogP contribution < -0.4 is 10.1 Å². The fourth-order valence-electron chi connectivity index (χ4n) is 1.62. The number of amides is 1. The maximum absolute atomic E-state index is 11.6. The van der Waals surface area contributed by atoms with Gasteiger partial charge in [0.05, 0.1) is 0 Å². The summed E-state index contributed by atoms with van der Waals surface area (Å²) >= 11 is 0. The molecule has 0 aliphatic carbocycles. The highest BCUT2D eigenvalue weighted by atomic mass is 16.5. The topological polar surface area (TPSA) is 38.3 Å². The highest BCUT2D eigenvalue weighted by molar-refractivity contribution is 5.77. The van der Waals surface area contributed by atoms with Gasteiger partial charge in [-0.1, -0.05) is 39.8 Å². The van der Waals surface area contributed by atoms with Gasteiger partial charge in [0.2, 0.25) is 0 Å². The van der Waals surface area contributed by atoms with Gasteiger partial charge in [-0.3, -0.25) is 4.79 Å². The number of hydrogen-bond donors (Lipinski definition) is 1. The Kier molecular flexibility index (Phi) is 5.40. The monoisotopic (exact) mass is 263 g/mol. The Bertz CT molecular complexity index is 404. The highest BCUT2D eigenvalue weighted by Gasteiger charge is 2.13. The Morgan fingerprint density at radius 1 is 1.26 bits per heavy atom. The first-order chi connectivity index (χ1) is 8.82. The predicted octanol–water partition coefficient (Wildman–Crippen LogP) is 3.28. The van der Waals surface area contributed by atoms with E-state index in [-0.39, 0.29) is 24.0 Å². The molecule has 3 nitrogen and oxygen atoms in total. The molecule has 0 spiro atoms. The minimum absolute atomic E-state index is 0.0687. The van der Waals surface area contributed by atoms with Crippen molar-refractivity contribution in [2.24, 2.45) is 0 Å². The molecule has 0 unspecified atom stereocenters. The number of benzene rings is 1. The van der Waals surface area contributed by atoms with Crippen LogP contribution in [0.25, 0.3) is 0 Å². The molecule has 0 aliphatic rings. The van der Waals surface area contributed by atoms with Crippen LogP contribution in [0, 0.1) is 0 Å². The fraction of sp³-hybridized carbons (Fsp3) is 0.562. The molecule has 19 heavy (non-hydrogen) atoms. The molecule has 1 aromatic carbocycles. The first-order valence-corrected chi connectivity index (χ1v) is 6.85. The van der Waals surface area contributed by atoms with Crippen molar-refractivity contribution in [1.29, 1.82) is 0 Å². The van der Waals surface area contributed by atoms with Crippen LogP contribution in [0.15, 0.2) is 24.3 Å². The van der Waals surface area contributed by atoms with Gasteiger partial charge in [-0.2, -0.15) is 0 Å². The molecule has 0 aliphatic heterocycles. The molecule has 0 saturated carbocycles.